The minimum atomic E-state index is 0.266. The van der Waals surface area contributed by atoms with Crippen LogP contribution in [0.2, 0.25) is 0 Å². The standard InChI is InChI=1S/C36H48O2/c1-25(2)11-7-13-27(5)15-9-17-29-19-21-31-33(23-29)35(37)32-22-20-30(24-34(32)36(31)38)18-10-16-28(6)14-8-12-26(3)4/h11-12,15,19-24,28,37-38H,7-10,13-14,16-18H2,1-6H3/b27-15+. The Kier molecular flexibility index (Phi) is 11.1. The molecule has 0 saturated heterocycles. The zero-order valence-corrected chi connectivity index (χ0v) is 24.5. The van der Waals surface area contributed by atoms with E-state index in [1.165, 1.54) is 40.7 Å². The van der Waals surface area contributed by atoms with Crippen molar-refractivity contribution >= 4 is 21.5 Å². The Morgan fingerprint density at radius 2 is 1.21 bits per heavy atom. The highest BCUT2D eigenvalue weighted by Crippen LogP contribution is 2.42. The molecule has 0 aromatic heterocycles. The highest BCUT2D eigenvalue weighted by Gasteiger charge is 2.14. The number of rotatable bonds is 13. The third-order valence-corrected chi connectivity index (χ3v) is 7.58. The van der Waals surface area contributed by atoms with E-state index in [1.807, 2.05) is 18.2 Å². The fraction of sp³-hybridized carbons (Fsp3) is 0.444. The van der Waals surface area contributed by atoms with E-state index in [0.717, 1.165) is 66.5 Å². The molecule has 0 bridgehead atoms. The number of allylic oxidation sites excluding steroid dienone is 6. The first-order valence-corrected chi connectivity index (χ1v) is 14.5. The smallest absolute Gasteiger partial charge is 0.131 e. The summed E-state index contributed by atoms with van der Waals surface area (Å²) in [5.74, 6) is 1.25. The fourth-order valence-electron chi connectivity index (χ4n) is 5.22. The lowest BCUT2D eigenvalue weighted by molar-refractivity contribution is 0.477. The Morgan fingerprint density at radius 1 is 0.658 bits per heavy atom. The Balaban J connectivity index is 1.69. The van der Waals surface area contributed by atoms with Crippen LogP contribution in [0.5, 0.6) is 11.5 Å². The molecule has 38 heavy (non-hydrogen) atoms. The van der Waals surface area contributed by atoms with Gasteiger partial charge in [-0.3, -0.25) is 0 Å². The first-order chi connectivity index (χ1) is 18.2. The Hall–Kier alpha value is -3.00. The Bertz CT molecular complexity index is 1310. The van der Waals surface area contributed by atoms with Crippen LogP contribution in [0.1, 0.15) is 97.6 Å². The van der Waals surface area contributed by atoms with Gasteiger partial charge < -0.3 is 10.2 Å². The first kappa shape index (κ1) is 29.6. The van der Waals surface area contributed by atoms with Crippen molar-refractivity contribution in [2.24, 2.45) is 5.92 Å². The molecule has 204 valence electrons. The molecule has 3 rings (SSSR count). The van der Waals surface area contributed by atoms with E-state index in [9.17, 15) is 10.2 Å². The van der Waals surface area contributed by atoms with Gasteiger partial charge in [0.25, 0.3) is 0 Å². The maximum Gasteiger partial charge on any atom is 0.131 e. The lowest BCUT2D eigenvalue weighted by Crippen LogP contribution is -1.96. The van der Waals surface area contributed by atoms with Crippen molar-refractivity contribution in [3.63, 3.8) is 0 Å². The van der Waals surface area contributed by atoms with Gasteiger partial charge in [-0.15, -0.1) is 0 Å². The number of phenols is 2. The predicted molar refractivity (Wildman–Crippen MR) is 166 cm³/mol. The van der Waals surface area contributed by atoms with Crippen LogP contribution in [0, 0.1) is 5.92 Å². The minimum absolute atomic E-state index is 0.266. The van der Waals surface area contributed by atoms with Crippen LogP contribution in [-0.2, 0) is 12.8 Å². The Labute approximate surface area is 230 Å². The van der Waals surface area contributed by atoms with Gasteiger partial charge in [0.2, 0.25) is 0 Å². The van der Waals surface area contributed by atoms with E-state index in [1.54, 1.807) is 0 Å². The van der Waals surface area contributed by atoms with Crippen LogP contribution >= 0.6 is 0 Å². The molecule has 1 unspecified atom stereocenters. The van der Waals surface area contributed by atoms with Crippen LogP contribution < -0.4 is 0 Å². The topological polar surface area (TPSA) is 40.5 Å². The average Bonchev–Trinajstić information content (AvgIpc) is 2.86. The lowest BCUT2D eigenvalue weighted by Gasteiger charge is -2.13. The second-order valence-electron chi connectivity index (χ2n) is 11.7. The number of fused-ring (bicyclic) bond motifs is 2. The van der Waals surface area contributed by atoms with Crippen molar-refractivity contribution in [3.8, 4) is 11.5 Å². The van der Waals surface area contributed by atoms with Crippen molar-refractivity contribution in [2.75, 3.05) is 0 Å². The van der Waals surface area contributed by atoms with Crippen LogP contribution in [0.3, 0.4) is 0 Å². The average molecular weight is 513 g/mol. The number of aromatic hydroxyl groups is 2. The number of aryl methyl sites for hydroxylation is 2. The van der Waals surface area contributed by atoms with E-state index < -0.39 is 0 Å². The number of phenolic OH excluding ortho intramolecular Hbond substituents is 2. The van der Waals surface area contributed by atoms with Gasteiger partial charge in [0, 0.05) is 21.5 Å². The molecule has 0 radical (unpaired) electrons. The summed E-state index contributed by atoms with van der Waals surface area (Å²) < 4.78 is 0. The summed E-state index contributed by atoms with van der Waals surface area (Å²) >= 11 is 0. The summed E-state index contributed by atoms with van der Waals surface area (Å²) in [5, 5.41) is 25.2. The summed E-state index contributed by atoms with van der Waals surface area (Å²) in [4.78, 5) is 0. The second kappa shape index (κ2) is 14.2. The monoisotopic (exact) mass is 512 g/mol. The molecule has 1 atom stereocenters. The molecule has 0 aliphatic rings. The van der Waals surface area contributed by atoms with Crippen molar-refractivity contribution < 1.29 is 10.2 Å². The molecule has 0 saturated carbocycles. The van der Waals surface area contributed by atoms with Crippen LogP contribution in [-0.4, -0.2) is 10.2 Å². The van der Waals surface area contributed by atoms with E-state index in [2.05, 4.69) is 78.0 Å². The molecule has 0 spiro atoms. The largest absolute Gasteiger partial charge is 0.507 e. The molecule has 0 heterocycles. The zero-order chi connectivity index (χ0) is 27.7. The van der Waals surface area contributed by atoms with Gasteiger partial charge in [-0.05, 0) is 115 Å². The van der Waals surface area contributed by atoms with Gasteiger partial charge >= 0.3 is 0 Å². The highest BCUT2D eigenvalue weighted by atomic mass is 16.3. The highest BCUT2D eigenvalue weighted by molar-refractivity contribution is 6.10. The summed E-state index contributed by atoms with van der Waals surface area (Å²) in [6.07, 6.45) is 16.7. The van der Waals surface area contributed by atoms with Crippen molar-refractivity contribution in [3.05, 3.63) is 82.5 Å². The molecule has 0 fully saturated rings. The molecule has 2 N–H and O–H groups in total. The lowest BCUT2D eigenvalue weighted by atomic mass is 9.94. The molecule has 2 nitrogen and oxygen atoms in total. The van der Waals surface area contributed by atoms with Gasteiger partial charge in [-0.2, -0.15) is 0 Å². The molecule has 3 aromatic rings. The van der Waals surface area contributed by atoms with Crippen LogP contribution in [0.25, 0.3) is 21.5 Å². The van der Waals surface area contributed by atoms with Crippen LogP contribution in [0.4, 0.5) is 0 Å². The molecular weight excluding hydrogens is 464 g/mol. The maximum absolute atomic E-state index is 11.1. The summed E-state index contributed by atoms with van der Waals surface area (Å²) in [5.41, 5.74) is 6.58. The number of hydrogen-bond acceptors (Lipinski definition) is 2. The molecule has 3 aromatic carbocycles. The molecule has 0 aliphatic heterocycles. The van der Waals surface area contributed by atoms with E-state index in [0.29, 0.717) is 5.92 Å². The van der Waals surface area contributed by atoms with Crippen molar-refractivity contribution in [2.45, 2.75) is 99.3 Å². The van der Waals surface area contributed by atoms with Gasteiger partial charge in [-0.1, -0.05) is 72.6 Å². The molecule has 0 amide bonds. The molecule has 2 heteroatoms. The van der Waals surface area contributed by atoms with Gasteiger partial charge in [0.1, 0.15) is 11.5 Å². The van der Waals surface area contributed by atoms with E-state index in [4.69, 9.17) is 0 Å². The molecule has 0 aliphatic carbocycles. The third kappa shape index (κ3) is 8.51. The maximum atomic E-state index is 11.1. The SMILES string of the molecule is CC(C)=CCC/C(C)=C/CCc1ccc2c(O)c3cc(CCCC(C)CCC=C(C)C)ccc3c(O)c2c1. The van der Waals surface area contributed by atoms with Crippen molar-refractivity contribution in [1.82, 2.24) is 0 Å². The summed E-state index contributed by atoms with van der Waals surface area (Å²) in [7, 11) is 0. The van der Waals surface area contributed by atoms with Gasteiger partial charge in [0.15, 0.2) is 0 Å². The number of hydrogen-bond donors (Lipinski definition) is 2. The first-order valence-electron chi connectivity index (χ1n) is 14.5. The van der Waals surface area contributed by atoms with E-state index >= 15 is 0 Å². The number of benzene rings is 3. The summed E-state index contributed by atoms with van der Waals surface area (Å²) in [6.45, 7) is 13.2. The Morgan fingerprint density at radius 3 is 1.79 bits per heavy atom. The van der Waals surface area contributed by atoms with Gasteiger partial charge in [0.05, 0.1) is 0 Å². The zero-order valence-electron chi connectivity index (χ0n) is 24.5. The second-order valence-corrected chi connectivity index (χ2v) is 11.7. The quantitative estimate of drug-likeness (QED) is 0.136. The predicted octanol–water partition coefficient (Wildman–Crippen LogP) is 10.7. The molecular formula is C36H48O2. The van der Waals surface area contributed by atoms with Crippen LogP contribution in [0.15, 0.2) is 71.3 Å². The van der Waals surface area contributed by atoms with Crippen molar-refractivity contribution in [1.29, 1.82) is 0 Å². The van der Waals surface area contributed by atoms with Gasteiger partial charge in [-0.25, -0.2) is 0 Å². The third-order valence-electron chi connectivity index (χ3n) is 7.58. The minimum Gasteiger partial charge on any atom is -0.507 e. The normalized spacial score (nSPS) is 12.6. The van der Waals surface area contributed by atoms with E-state index in [-0.39, 0.29) is 11.5 Å². The summed E-state index contributed by atoms with van der Waals surface area (Å²) in [6, 6.07) is 12.2. The fourth-order valence-corrected chi connectivity index (χ4v) is 5.22.